The molecule has 0 aromatic heterocycles. The van der Waals surface area contributed by atoms with Crippen LogP contribution in [0.1, 0.15) is 19.8 Å². The van der Waals surface area contributed by atoms with Crippen molar-refractivity contribution in [3.8, 4) is 0 Å². The SMILES string of the molecule is CCC[C@@H](O)[C@H]1CO1. The van der Waals surface area contributed by atoms with E-state index in [1.54, 1.807) is 0 Å². The fraction of sp³-hybridized carbons (Fsp3) is 1.00. The third kappa shape index (κ3) is 1.46. The van der Waals surface area contributed by atoms with E-state index in [2.05, 4.69) is 6.92 Å². The fourth-order valence-electron chi connectivity index (χ4n) is 0.759. The van der Waals surface area contributed by atoms with E-state index in [-0.39, 0.29) is 12.2 Å². The zero-order chi connectivity index (χ0) is 5.98. The quantitative estimate of drug-likeness (QED) is 0.546. The summed E-state index contributed by atoms with van der Waals surface area (Å²) in [6.45, 7) is 2.83. The largest absolute Gasteiger partial charge is 0.390 e. The summed E-state index contributed by atoms with van der Waals surface area (Å²) in [6.07, 6.45) is 1.90. The Bertz CT molecular complexity index is 68.9. The van der Waals surface area contributed by atoms with Crippen molar-refractivity contribution in [2.24, 2.45) is 0 Å². The molecular weight excluding hydrogens is 104 g/mol. The molecule has 1 heterocycles. The van der Waals surface area contributed by atoms with Crippen LogP contribution in [0.15, 0.2) is 0 Å². The summed E-state index contributed by atoms with van der Waals surface area (Å²) >= 11 is 0. The minimum Gasteiger partial charge on any atom is -0.390 e. The fourth-order valence-corrected chi connectivity index (χ4v) is 0.759. The molecule has 1 aliphatic rings. The third-order valence-electron chi connectivity index (χ3n) is 1.37. The van der Waals surface area contributed by atoms with Crippen molar-refractivity contribution in [3.63, 3.8) is 0 Å². The van der Waals surface area contributed by atoms with Crippen LogP contribution in [-0.4, -0.2) is 23.9 Å². The van der Waals surface area contributed by atoms with Crippen molar-refractivity contribution >= 4 is 0 Å². The van der Waals surface area contributed by atoms with Crippen LogP contribution in [-0.2, 0) is 4.74 Å². The molecule has 1 rings (SSSR count). The maximum absolute atomic E-state index is 9.06. The Kier molecular flexibility index (Phi) is 1.86. The molecular formula is C6H12O2. The van der Waals surface area contributed by atoms with Gasteiger partial charge in [-0.25, -0.2) is 0 Å². The molecule has 2 heteroatoms. The first-order chi connectivity index (χ1) is 3.84. The molecule has 0 aromatic carbocycles. The monoisotopic (exact) mass is 116 g/mol. The maximum Gasteiger partial charge on any atom is 0.107 e. The number of aliphatic hydroxyl groups excluding tert-OH is 1. The lowest BCUT2D eigenvalue weighted by Gasteiger charge is -2.01. The minimum atomic E-state index is -0.194. The van der Waals surface area contributed by atoms with Crippen molar-refractivity contribution in [3.05, 3.63) is 0 Å². The van der Waals surface area contributed by atoms with Gasteiger partial charge in [-0.3, -0.25) is 0 Å². The number of epoxide rings is 1. The van der Waals surface area contributed by atoms with Crippen LogP contribution >= 0.6 is 0 Å². The lowest BCUT2D eigenvalue weighted by Crippen LogP contribution is -2.13. The first kappa shape index (κ1) is 6.05. The van der Waals surface area contributed by atoms with Crippen molar-refractivity contribution in [1.29, 1.82) is 0 Å². The van der Waals surface area contributed by atoms with Crippen molar-refractivity contribution in [1.82, 2.24) is 0 Å². The summed E-state index contributed by atoms with van der Waals surface area (Å²) in [5, 5.41) is 9.06. The summed E-state index contributed by atoms with van der Waals surface area (Å²) in [7, 11) is 0. The number of hydrogen-bond acceptors (Lipinski definition) is 2. The van der Waals surface area contributed by atoms with Crippen LogP contribution in [0.5, 0.6) is 0 Å². The molecule has 0 radical (unpaired) electrons. The average Bonchev–Trinajstić information content (AvgIpc) is 2.45. The lowest BCUT2D eigenvalue weighted by molar-refractivity contribution is 0.126. The Morgan fingerprint density at radius 2 is 2.50 bits per heavy atom. The minimum absolute atomic E-state index is 0.176. The number of ether oxygens (including phenoxy) is 1. The highest BCUT2D eigenvalue weighted by molar-refractivity contribution is 4.77. The van der Waals surface area contributed by atoms with Crippen LogP contribution in [0.4, 0.5) is 0 Å². The molecule has 2 atom stereocenters. The van der Waals surface area contributed by atoms with Gasteiger partial charge in [0, 0.05) is 0 Å². The molecule has 0 aromatic rings. The van der Waals surface area contributed by atoms with Gasteiger partial charge in [-0.2, -0.15) is 0 Å². The number of rotatable bonds is 3. The normalized spacial score (nSPS) is 30.0. The standard InChI is InChI=1S/C6H12O2/c1-2-3-5(7)6-4-8-6/h5-7H,2-4H2,1H3/t5-,6-/m1/s1. The topological polar surface area (TPSA) is 32.8 Å². The Balaban J connectivity index is 2.03. The van der Waals surface area contributed by atoms with E-state index >= 15 is 0 Å². The smallest absolute Gasteiger partial charge is 0.107 e. The second-order valence-electron chi connectivity index (χ2n) is 2.23. The van der Waals surface area contributed by atoms with Crippen molar-refractivity contribution in [2.75, 3.05) is 6.61 Å². The highest BCUT2D eigenvalue weighted by atomic mass is 16.6. The van der Waals surface area contributed by atoms with Crippen molar-refractivity contribution < 1.29 is 9.84 Å². The van der Waals surface area contributed by atoms with E-state index in [1.807, 2.05) is 0 Å². The van der Waals surface area contributed by atoms with E-state index in [0.717, 1.165) is 19.4 Å². The van der Waals surface area contributed by atoms with Gasteiger partial charge in [0.2, 0.25) is 0 Å². The van der Waals surface area contributed by atoms with Gasteiger partial charge in [-0.15, -0.1) is 0 Å². The summed E-state index contributed by atoms with van der Waals surface area (Å²) in [4.78, 5) is 0. The summed E-state index contributed by atoms with van der Waals surface area (Å²) in [5.74, 6) is 0. The molecule has 2 nitrogen and oxygen atoms in total. The molecule has 0 aliphatic carbocycles. The molecule has 8 heavy (non-hydrogen) atoms. The van der Waals surface area contributed by atoms with Gasteiger partial charge in [0.15, 0.2) is 0 Å². The molecule has 0 unspecified atom stereocenters. The van der Waals surface area contributed by atoms with E-state index < -0.39 is 0 Å². The van der Waals surface area contributed by atoms with Crippen molar-refractivity contribution in [2.45, 2.75) is 32.0 Å². The predicted octanol–water partition coefficient (Wildman–Crippen LogP) is 0.546. The molecule has 0 spiro atoms. The van der Waals surface area contributed by atoms with Gasteiger partial charge in [-0.1, -0.05) is 13.3 Å². The Morgan fingerprint density at radius 1 is 1.88 bits per heavy atom. The van der Waals surface area contributed by atoms with Crippen LogP contribution in [0.25, 0.3) is 0 Å². The third-order valence-corrected chi connectivity index (χ3v) is 1.37. The Hall–Kier alpha value is -0.0800. The summed E-state index contributed by atoms with van der Waals surface area (Å²) < 4.78 is 4.87. The molecule has 0 saturated carbocycles. The van der Waals surface area contributed by atoms with E-state index in [9.17, 15) is 0 Å². The zero-order valence-electron chi connectivity index (χ0n) is 5.13. The van der Waals surface area contributed by atoms with E-state index in [0.29, 0.717) is 0 Å². The maximum atomic E-state index is 9.06. The highest BCUT2D eigenvalue weighted by Gasteiger charge is 2.29. The molecule has 1 saturated heterocycles. The summed E-state index contributed by atoms with van der Waals surface area (Å²) in [5.41, 5.74) is 0. The second kappa shape index (κ2) is 2.46. The van der Waals surface area contributed by atoms with E-state index in [4.69, 9.17) is 9.84 Å². The van der Waals surface area contributed by atoms with Gasteiger partial charge in [0.05, 0.1) is 12.7 Å². The first-order valence-electron chi connectivity index (χ1n) is 3.14. The van der Waals surface area contributed by atoms with Gasteiger partial charge < -0.3 is 9.84 Å². The van der Waals surface area contributed by atoms with Gasteiger partial charge in [-0.05, 0) is 6.42 Å². The Morgan fingerprint density at radius 3 is 2.88 bits per heavy atom. The molecule has 1 N–H and O–H groups in total. The molecule has 0 amide bonds. The van der Waals surface area contributed by atoms with E-state index in [1.165, 1.54) is 0 Å². The van der Waals surface area contributed by atoms with Crippen LogP contribution in [0.2, 0.25) is 0 Å². The average molecular weight is 116 g/mol. The van der Waals surface area contributed by atoms with Gasteiger partial charge in [0.1, 0.15) is 6.10 Å². The Labute approximate surface area is 49.5 Å². The predicted molar refractivity (Wildman–Crippen MR) is 30.7 cm³/mol. The second-order valence-corrected chi connectivity index (χ2v) is 2.23. The molecule has 1 aliphatic heterocycles. The van der Waals surface area contributed by atoms with Crippen LogP contribution < -0.4 is 0 Å². The molecule has 1 fully saturated rings. The highest BCUT2D eigenvalue weighted by Crippen LogP contribution is 2.16. The van der Waals surface area contributed by atoms with Gasteiger partial charge in [0.25, 0.3) is 0 Å². The lowest BCUT2D eigenvalue weighted by atomic mass is 10.2. The number of hydrogen-bond donors (Lipinski definition) is 1. The van der Waals surface area contributed by atoms with Gasteiger partial charge >= 0.3 is 0 Å². The first-order valence-corrected chi connectivity index (χ1v) is 3.14. The molecule has 0 bridgehead atoms. The zero-order valence-corrected chi connectivity index (χ0v) is 5.13. The van der Waals surface area contributed by atoms with Crippen LogP contribution in [0.3, 0.4) is 0 Å². The number of aliphatic hydroxyl groups is 1. The summed E-state index contributed by atoms with van der Waals surface area (Å²) in [6, 6.07) is 0. The van der Waals surface area contributed by atoms with Crippen LogP contribution in [0, 0.1) is 0 Å². The molecule has 48 valence electrons.